The van der Waals surface area contributed by atoms with Crippen molar-refractivity contribution in [2.75, 3.05) is 27.3 Å². The number of hydrogen-bond donors (Lipinski definition) is 0. The van der Waals surface area contributed by atoms with E-state index in [-0.39, 0.29) is 5.92 Å². The summed E-state index contributed by atoms with van der Waals surface area (Å²) in [6, 6.07) is 21.1. The number of fused-ring (bicyclic) bond motifs is 1. The fraction of sp³-hybridized carbons (Fsp3) is 0.280. The van der Waals surface area contributed by atoms with Crippen LogP contribution in [0.1, 0.15) is 28.2 Å². The maximum Gasteiger partial charge on any atom is 0.243 e. The van der Waals surface area contributed by atoms with Gasteiger partial charge in [0, 0.05) is 19.0 Å². The van der Waals surface area contributed by atoms with Crippen molar-refractivity contribution in [3.05, 3.63) is 89.0 Å². The quantitative estimate of drug-likeness (QED) is 0.594. The lowest BCUT2D eigenvalue weighted by Gasteiger charge is -2.25. The summed E-state index contributed by atoms with van der Waals surface area (Å²) < 4.78 is 39.7. The van der Waals surface area contributed by atoms with E-state index in [0.717, 1.165) is 22.3 Å². The molecule has 0 spiro atoms. The molecule has 0 aromatic heterocycles. The summed E-state index contributed by atoms with van der Waals surface area (Å²) in [5.74, 6) is 1.19. The van der Waals surface area contributed by atoms with Gasteiger partial charge in [-0.25, -0.2) is 8.42 Å². The fourth-order valence-corrected chi connectivity index (χ4v) is 5.62. The minimum atomic E-state index is -3.62. The molecule has 6 heteroatoms. The van der Waals surface area contributed by atoms with Crippen LogP contribution in [0.25, 0.3) is 0 Å². The average Bonchev–Trinajstić information content (AvgIpc) is 2.98. The normalized spacial score (nSPS) is 16.9. The molecular formula is C25H27NO4S. The molecule has 0 amide bonds. The lowest BCUT2D eigenvalue weighted by atomic mass is 9.88. The summed E-state index contributed by atoms with van der Waals surface area (Å²) in [5, 5.41) is 0. The monoisotopic (exact) mass is 437 g/mol. The Morgan fingerprint density at radius 2 is 1.55 bits per heavy atom. The van der Waals surface area contributed by atoms with Crippen LogP contribution < -0.4 is 9.47 Å². The topological polar surface area (TPSA) is 55.8 Å². The van der Waals surface area contributed by atoms with Crippen LogP contribution in [0.4, 0.5) is 0 Å². The van der Waals surface area contributed by atoms with Gasteiger partial charge in [-0.2, -0.15) is 4.31 Å². The molecule has 0 radical (unpaired) electrons. The summed E-state index contributed by atoms with van der Waals surface area (Å²) in [7, 11) is -0.389. The Morgan fingerprint density at radius 1 is 0.903 bits per heavy atom. The van der Waals surface area contributed by atoms with Gasteiger partial charge in [0.1, 0.15) is 0 Å². The molecule has 1 unspecified atom stereocenters. The number of hydrogen-bond acceptors (Lipinski definition) is 4. The molecule has 0 bridgehead atoms. The third kappa shape index (κ3) is 4.18. The van der Waals surface area contributed by atoms with E-state index in [1.54, 1.807) is 30.7 Å². The van der Waals surface area contributed by atoms with E-state index in [1.165, 1.54) is 0 Å². The highest BCUT2D eigenvalue weighted by molar-refractivity contribution is 7.89. The van der Waals surface area contributed by atoms with E-state index in [4.69, 9.17) is 9.47 Å². The van der Waals surface area contributed by atoms with Crippen molar-refractivity contribution in [1.29, 1.82) is 0 Å². The van der Waals surface area contributed by atoms with E-state index in [2.05, 4.69) is 0 Å². The van der Waals surface area contributed by atoms with Crippen LogP contribution >= 0.6 is 0 Å². The van der Waals surface area contributed by atoms with Crippen molar-refractivity contribution < 1.29 is 17.9 Å². The first-order chi connectivity index (χ1) is 14.9. The Hall–Kier alpha value is -2.83. The maximum absolute atomic E-state index is 13.5. The largest absolute Gasteiger partial charge is 0.493 e. The number of rotatable bonds is 5. The highest BCUT2D eigenvalue weighted by atomic mass is 32.2. The van der Waals surface area contributed by atoms with Crippen LogP contribution in [-0.2, 0) is 16.4 Å². The predicted molar refractivity (Wildman–Crippen MR) is 121 cm³/mol. The van der Waals surface area contributed by atoms with Gasteiger partial charge < -0.3 is 9.47 Å². The molecule has 3 aromatic rings. The number of sulfonamides is 1. The van der Waals surface area contributed by atoms with Crippen molar-refractivity contribution in [3.8, 4) is 11.5 Å². The van der Waals surface area contributed by atoms with Crippen molar-refractivity contribution in [2.24, 2.45) is 0 Å². The second-order valence-corrected chi connectivity index (χ2v) is 9.73. The smallest absolute Gasteiger partial charge is 0.243 e. The minimum Gasteiger partial charge on any atom is -0.493 e. The fourth-order valence-electron chi connectivity index (χ4n) is 4.16. The van der Waals surface area contributed by atoms with Gasteiger partial charge in [0.15, 0.2) is 11.5 Å². The van der Waals surface area contributed by atoms with Crippen molar-refractivity contribution in [2.45, 2.75) is 24.2 Å². The molecule has 0 saturated carbocycles. The molecule has 5 nitrogen and oxygen atoms in total. The second-order valence-electron chi connectivity index (χ2n) is 7.80. The van der Waals surface area contributed by atoms with E-state index >= 15 is 0 Å². The van der Waals surface area contributed by atoms with Crippen LogP contribution in [0.2, 0.25) is 0 Å². The maximum atomic E-state index is 13.5. The van der Waals surface area contributed by atoms with Gasteiger partial charge in [0.25, 0.3) is 0 Å². The summed E-state index contributed by atoms with van der Waals surface area (Å²) >= 11 is 0. The van der Waals surface area contributed by atoms with Gasteiger partial charge in [-0.3, -0.25) is 0 Å². The second kappa shape index (κ2) is 8.73. The van der Waals surface area contributed by atoms with Crippen LogP contribution in [0.3, 0.4) is 0 Å². The summed E-state index contributed by atoms with van der Waals surface area (Å²) in [4.78, 5) is 0.325. The molecule has 1 aliphatic rings. The number of benzene rings is 3. The standard InChI is InChI=1S/C25H27NO4S/c1-18-9-11-21(12-10-18)31(27,28)26-14-13-20-15-24(29-2)25(30-3)16-22(20)23(17-26)19-7-5-4-6-8-19/h4-12,15-16,23H,13-14,17H2,1-3H3. The molecule has 0 N–H and O–H groups in total. The Morgan fingerprint density at radius 3 is 2.19 bits per heavy atom. The molecule has 1 atom stereocenters. The zero-order chi connectivity index (χ0) is 22.0. The van der Waals surface area contributed by atoms with E-state index in [9.17, 15) is 8.42 Å². The van der Waals surface area contributed by atoms with Gasteiger partial charge in [-0.05, 0) is 54.3 Å². The molecule has 0 aliphatic carbocycles. The van der Waals surface area contributed by atoms with Crippen molar-refractivity contribution in [3.63, 3.8) is 0 Å². The zero-order valence-electron chi connectivity index (χ0n) is 18.0. The molecule has 0 saturated heterocycles. The van der Waals surface area contributed by atoms with Gasteiger partial charge in [-0.1, -0.05) is 48.0 Å². The Bertz CT molecular complexity index is 1160. The van der Waals surface area contributed by atoms with Crippen LogP contribution in [0.15, 0.2) is 71.6 Å². The minimum absolute atomic E-state index is 0.112. The first kappa shape index (κ1) is 21.4. The highest BCUT2D eigenvalue weighted by Crippen LogP contribution is 2.39. The van der Waals surface area contributed by atoms with E-state index < -0.39 is 10.0 Å². The predicted octanol–water partition coefficient (Wildman–Crippen LogP) is 4.39. The number of ether oxygens (including phenoxy) is 2. The van der Waals surface area contributed by atoms with Crippen LogP contribution in [-0.4, -0.2) is 40.0 Å². The van der Waals surface area contributed by atoms with Crippen molar-refractivity contribution in [1.82, 2.24) is 4.31 Å². The first-order valence-electron chi connectivity index (χ1n) is 10.3. The Labute approximate surface area is 184 Å². The zero-order valence-corrected chi connectivity index (χ0v) is 18.9. The lowest BCUT2D eigenvalue weighted by Crippen LogP contribution is -2.35. The molecule has 0 fully saturated rings. The van der Waals surface area contributed by atoms with Gasteiger partial charge in [0.05, 0.1) is 19.1 Å². The third-order valence-corrected chi connectivity index (χ3v) is 7.78. The highest BCUT2D eigenvalue weighted by Gasteiger charge is 2.33. The molecule has 1 aliphatic heterocycles. The number of nitrogens with zero attached hydrogens (tertiary/aromatic N) is 1. The Kier molecular flexibility index (Phi) is 6.03. The molecule has 162 valence electrons. The van der Waals surface area contributed by atoms with Gasteiger partial charge in [0.2, 0.25) is 10.0 Å². The van der Waals surface area contributed by atoms with E-state index in [0.29, 0.717) is 35.9 Å². The molecule has 3 aromatic carbocycles. The third-order valence-electron chi connectivity index (χ3n) is 5.90. The van der Waals surface area contributed by atoms with Crippen LogP contribution in [0.5, 0.6) is 11.5 Å². The van der Waals surface area contributed by atoms with Gasteiger partial charge in [-0.15, -0.1) is 0 Å². The molecule has 4 rings (SSSR count). The molecule has 31 heavy (non-hydrogen) atoms. The summed E-state index contributed by atoms with van der Waals surface area (Å²) in [6.45, 7) is 2.72. The lowest BCUT2D eigenvalue weighted by molar-refractivity contribution is 0.354. The van der Waals surface area contributed by atoms with Crippen molar-refractivity contribution >= 4 is 10.0 Å². The van der Waals surface area contributed by atoms with E-state index in [1.807, 2.05) is 61.5 Å². The first-order valence-corrected chi connectivity index (χ1v) is 11.7. The summed E-state index contributed by atoms with van der Waals surface area (Å²) in [6.07, 6.45) is 0.601. The number of aryl methyl sites for hydroxylation is 1. The molecular weight excluding hydrogens is 410 g/mol. The van der Waals surface area contributed by atoms with Gasteiger partial charge >= 0.3 is 0 Å². The molecule has 1 heterocycles. The summed E-state index contributed by atoms with van der Waals surface area (Å²) in [5.41, 5.74) is 4.25. The number of methoxy groups -OCH3 is 2. The SMILES string of the molecule is COc1cc2c(cc1OC)C(c1ccccc1)CN(S(=O)(=O)c1ccc(C)cc1)CC2. The Balaban J connectivity index is 1.81. The van der Waals surface area contributed by atoms with Crippen LogP contribution in [0, 0.1) is 6.92 Å². The average molecular weight is 438 g/mol.